The van der Waals surface area contributed by atoms with Crippen molar-refractivity contribution in [3.8, 4) is 0 Å². The molecule has 3 heterocycles. The van der Waals surface area contributed by atoms with E-state index in [0.717, 1.165) is 32.1 Å². The molecule has 18 heteroatoms. The molecule has 18 nitrogen and oxygen atoms in total. The van der Waals surface area contributed by atoms with Gasteiger partial charge < -0.3 is 36.8 Å². The van der Waals surface area contributed by atoms with Gasteiger partial charge in [-0.3, -0.25) is 24.0 Å². The van der Waals surface area contributed by atoms with Gasteiger partial charge in [-0.1, -0.05) is 37.3 Å². The second kappa shape index (κ2) is 17.1. The molecule has 2 aromatic rings. The molecule has 1 saturated heterocycles. The number of aromatic nitrogens is 5. The molecule has 272 valence electrons. The van der Waals surface area contributed by atoms with E-state index in [4.69, 9.17) is 10.8 Å². The van der Waals surface area contributed by atoms with Crippen LogP contribution < -0.4 is 21.7 Å². The molecule has 2 fully saturated rings. The highest BCUT2D eigenvalue weighted by Gasteiger charge is 2.45. The van der Waals surface area contributed by atoms with Crippen molar-refractivity contribution < 1.29 is 39.0 Å². The van der Waals surface area contributed by atoms with Crippen molar-refractivity contribution in [1.29, 1.82) is 0 Å². The molecular weight excluding hydrogens is 652 g/mol. The number of carboxylic acid groups (broad SMARTS) is 1. The number of carbonyl (C=O) groups excluding carboxylic acids is 5. The zero-order valence-corrected chi connectivity index (χ0v) is 28.3. The van der Waals surface area contributed by atoms with E-state index in [0.29, 0.717) is 18.5 Å². The van der Waals surface area contributed by atoms with E-state index < -0.39 is 65.3 Å². The molecule has 0 aromatic carbocycles. The lowest BCUT2D eigenvalue weighted by atomic mass is 9.84. The Balaban J connectivity index is 1.63. The number of ketones is 1. The number of Topliss-reactive ketones (excluding diaryl/α,β-unsaturated/α-hetero) is 1. The highest BCUT2D eigenvalue weighted by molar-refractivity contribution is 6.37. The number of hydrogen-bond acceptors (Lipinski definition) is 11. The summed E-state index contributed by atoms with van der Waals surface area (Å²) in [5.41, 5.74) is 4.28. The molecule has 1 aliphatic heterocycles. The molecule has 2 aliphatic rings. The third-order valence-electron chi connectivity index (χ3n) is 9.15. The summed E-state index contributed by atoms with van der Waals surface area (Å²) in [5.74, 6) is -4.19. The van der Waals surface area contributed by atoms with Crippen molar-refractivity contribution in [3.63, 3.8) is 0 Å². The fourth-order valence-corrected chi connectivity index (χ4v) is 6.63. The summed E-state index contributed by atoms with van der Waals surface area (Å²) in [6.07, 6.45) is 8.73. The number of unbranched alkanes of at least 4 members (excludes halogenated alkanes) is 1. The van der Waals surface area contributed by atoms with E-state index in [1.807, 2.05) is 0 Å². The van der Waals surface area contributed by atoms with Crippen molar-refractivity contribution in [3.05, 3.63) is 36.2 Å². The van der Waals surface area contributed by atoms with E-state index in [-0.39, 0.29) is 44.1 Å². The first-order valence-corrected chi connectivity index (χ1v) is 16.9. The van der Waals surface area contributed by atoms with Crippen LogP contribution in [-0.4, -0.2) is 107 Å². The maximum Gasteiger partial charge on any atom is 0.404 e. The molecule has 4 atom stereocenters. The minimum absolute atomic E-state index is 0.00984. The molecule has 2 aromatic heterocycles. The predicted molar refractivity (Wildman–Crippen MR) is 175 cm³/mol. The van der Waals surface area contributed by atoms with Crippen molar-refractivity contribution in [2.45, 2.75) is 108 Å². The number of rotatable bonds is 16. The van der Waals surface area contributed by atoms with Crippen LogP contribution in [0.5, 0.6) is 0 Å². The lowest BCUT2D eigenvalue weighted by Crippen LogP contribution is -2.56. The van der Waals surface area contributed by atoms with Crippen molar-refractivity contribution in [2.75, 3.05) is 13.1 Å². The van der Waals surface area contributed by atoms with Crippen LogP contribution in [-0.2, 0) is 24.8 Å². The highest BCUT2D eigenvalue weighted by atomic mass is 16.4. The molecule has 4 rings (SSSR count). The number of aliphatic hydroxyl groups is 1. The maximum atomic E-state index is 14.5. The summed E-state index contributed by atoms with van der Waals surface area (Å²) in [6, 6.07) is -2.62. The summed E-state index contributed by atoms with van der Waals surface area (Å²) in [7, 11) is 0. The molecule has 7 N–H and O–H groups in total. The summed E-state index contributed by atoms with van der Waals surface area (Å²) < 4.78 is 1.46. The van der Waals surface area contributed by atoms with E-state index >= 15 is 0 Å². The highest BCUT2D eigenvalue weighted by Crippen LogP contribution is 2.33. The Morgan fingerprint density at radius 2 is 1.72 bits per heavy atom. The lowest BCUT2D eigenvalue weighted by Gasteiger charge is -2.32. The van der Waals surface area contributed by atoms with Crippen molar-refractivity contribution in [2.24, 2.45) is 11.7 Å². The van der Waals surface area contributed by atoms with E-state index in [1.165, 1.54) is 28.2 Å². The summed E-state index contributed by atoms with van der Waals surface area (Å²) in [4.78, 5) is 86.6. The topological polar surface area (TPSA) is 265 Å². The Kier molecular flexibility index (Phi) is 12.9. The minimum Gasteiger partial charge on any atom is -0.465 e. The van der Waals surface area contributed by atoms with Gasteiger partial charge in [0.2, 0.25) is 23.4 Å². The van der Waals surface area contributed by atoms with Crippen LogP contribution in [0.25, 0.3) is 0 Å². The Hall–Kier alpha value is -5.00. The Morgan fingerprint density at radius 1 is 1.02 bits per heavy atom. The zero-order chi connectivity index (χ0) is 36.4. The number of hydrogen-bond donors (Lipinski definition) is 6. The molecule has 0 radical (unpaired) electrons. The van der Waals surface area contributed by atoms with Crippen LogP contribution in [0, 0.1) is 5.92 Å². The van der Waals surface area contributed by atoms with Gasteiger partial charge in [-0.05, 0) is 51.5 Å². The van der Waals surface area contributed by atoms with Crippen LogP contribution >= 0.6 is 0 Å². The molecule has 50 heavy (non-hydrogen) atoms. The molecule has 2 unspecified atom stereocenters. The summed E-state index contributed by atoms with van der Waals surface area (Å²) in [6.45, 7) is 3.16. The number of carbonyl (C=O) groups is 6. The van der Waals surface area contributed by atoms with Crippen molar-refractivity contribution >= 4 is 35.5 Å². The molecular formula is C32H46N10O8. The number of nitrogens with one attached hydrogen (secondary N) is 3. The van der Waals surface area contributed by atoms with E-state index in [9.17, 15) is 33.9 Å². The molecule has 1 aliphatic carbocycles. The van der Waals surface area contributed by atoms with Crippen LogP contribution in [0.15, 0.2) is 24.7 Å². The van der Waals surface area contributed by atoms with Crippen LogP contribution in [0.2, 0.25) is 0 Å². The Morgan fingerprint density at radius 3 is 2.36 bits per heavy atom. The third-order valence-corrected chi connectivity index (χ3v) is 9.15. The van der Waals surface area contributed by atoms with Crippen molar-refractivity contribution in [1.82, 2.24) is 45.8 Å². The fraction of sp³-hybridized carbons (Fsp3) is 0.625. The van der Waals surface area contributed by atoms with E-state index in [1.54, 1.807) is 19.9 Å². The largest absolute Gasteiger partial charge is 0.465 e. The Labute approximate surface area is 289 Å². The first-order chi connectivity index (χ1) is 23.8. The standard InChI is InChI=1S/C32H46N10O8/c1-32(2,50)24-17-37-40-42(24)20-16-23(28(45)38-21(25(43)26(33)44)11-6-7-12-36-31(48)49)41(18-20)30(47)22(15-19-9-4-3-5-10-19)39-29(46)27-34-13-8-14-35-27/h8,13-14,17,19-23,36,50H,3-7,9-12,15-16,18H2,1-2H3,(H2,33,44)(H,38,45)(H,39,46)(H,48,49)/t20-,21?,22?,23-/m0/s1. The Bertz CT molecular complexity index is 1520. The molecule has 0 bridgehead atoms. The first-order valence-electron chi connectivity index (χ1n) is 16.9. The first kappa shape index (κ1) is 37.8. The average molecular weight is 699 g/mol. The lowest BCUT2D eigenvalue weighted by molar-refractivity contribution is -0.142. The number of nitrogens with two attached hydrogens (primary N) is 1. The molecule has 5 amide bonds. The fourth-order valence-electron chi connectivity index (χ4n) is 6.63. The maximum absolute atomic E-state index is 14.5. The quantitative estimate of drug-likeness (QED) is 0.101. The number of nitrogens with zero attached hydrogens (tertiary/aromatic N) is 6. The van der Waals surface area contributed by atoms with Gasteiger partial charge in [0.25, 0.3) is 11.8 Å². The van der Waals surface area contributed by atoms with Gasteiger partial charge in [0.1, 0.15) is 17.7 Å². The average Bonchev–Trinajstić information content (AvgIpc) is 3.76. The zero-order valence-electron chi connectivity index (χ0n) is 28.3. The molecule has 0 spiro atoms. The van der Waals surface area contributed by atoms with Gasteiger partial charge >= 0.3 is 6.09 Å². The van der Waals surface area contributed by atoms with Gasteiger partial charge in [-0.2, -0.15) is 0 Å². The number of likely N-dealkylation sites (tertiary alicyclic amines) is 1. The van der Waals surface area contributed by atoms with Gasteiger partial charge in [0, 0.05) is 31.9 Å². The minimum atomic E-state index is -1.36. The van der Waals surface area contributed by atoms with Gasteiger partial charge in [0.15, 0.2) is 0 Å². The van der Waals surface area contributed by atoms with Gasteiger partial charge in [-0.15, -0.1) is 5.10 Å². The predicted octanol–water partition coefficient (Wildman–Crippen LogP) is 0.184. The number of amides is 5. The second-order valence-electron chi connectivity index (χ2n) is 13.4. The summed E-state index contributed by atoms with van der Waals surface area (Å²) >= 11 is 0. The van der Waals surface area contributed by atoms with E-state index in [2.05, 4.69) is 36.2 Å². The third kappa shape index (κ3) is 10.0. The monoisotopic (exact) mass is 698 g/mol. The molecule has 1 saturated carbocycles. The number of primary amides is 1. The normalized spacial score (nSPS) is 19.3. The van der Waals surface area contributed by atoms with Crippen LogP contribution in [0.4, 0.5) is 4.79 Å². The van der Waals surface area contributed by atoms with Crippen LogP contribution in [0.3, 0.4) is 0 Å². The van der Waals surface area contributed by atoms with Gasteiger partial charge in [-0.25, -0.2) is 19.4 Å². The van der Waals surface area contributed by atoms with Crippen LogP contribution in [0.1, 0.15) is 100 Å². The van der Waals surface area contributed by atoms with Gasteiger partial charge in [0.05, 0.1) is 24.0 Å². The SMILES string of the molecule is CC(C)(O)c1cnnn1[C@H]1C[C@@H](C(=O)NC(CCCCNC(=O)O)C(=O)C(N)=O)N(C(=O)C(CC2CCCCC2)NC(=O)c2ncccn2)C1. The second-order valence-corrected chi connectivity index (χ2v) is 13.4. The summed E-state index contributed by atoms with van der Waals surface area (Å²) in [5, 5.41) is 35.3. The smallest absolute Gasteiger partial charge is 0.404 e.